The third-order valence-corrected chi connectivity index (χ3v) is 4.87. The first-order valence-electron chi connectivity index (χ1n) is 9.10. The molecule has 5 rings (SSSR count). The molecule has 2 N–H and O–H groups in total. The Morgan fingerprint density at radius 1 is 1.11 bits per heavy atom. The van der Waals surface area contributed by atoms with Crippen LogP contribution < -0.4 is 5.73 Å². The highest BCUT2D eigenvalue weighted by atomic mass is 19.1. The van der Waals surface area contributed by atoms with Crippen LogP contribution in [0.2, 0.25) is 0 Å². The van der Waals surface area contributed by atoms with Crippen molar-refractivity contribution in [3.8, 4) is 22.5 Å². The van der Waals surface area contributed by atoms with Gasteiger partial charge in [0.1, 0.15) is 23.0 Å². The predicted molar refractivity (Wildman–Crippen MR) is 106 cm³/mol. The van der Waals surface area contributed by atoms with E-state index in [1.807, 2.05) is 18.3 Å². The molecule has 3 aromatic heterocycles. The topological polar surface area (TPSA) is 78.2 Å². The van der Waals surface area contributed by atoms with Crippen LogP contribution in [0.4, 0.5) is 4.39 Å². The number of fused-ring (bicyclic) bond motifs is 2. The standard InChI is InChI=1S/C20H15FN4O.CH5N/c21-15-6-3-13(4-7-15)19-20(24-9-1-2-18(24)23-19)14-5-8-17-22-10-16(12-26)25(17)11-14;1-2/h3-8,10-12H,1-2,9H2;2H2,1H3. The van der Waals surface area contributed by atoms with Crippen molar-refractivity contribution in [3.63, 3.8) is 0 Å². The van der Waals surface area contributed by atoms with Gasteiger partial charge in [0.05, 0.1) is 17.6 Å². The number of imidazole rings is 2. The molecule has 1 aromatic carbocycles. The molecule has 7 heteroatoms. The van der Waals surface area contributed by atoms with E-state index < -0.39 is 0 Å². The largest absolute Gasteiger partial charge is 0.333 e. The minimum Gasteiger partial charge on any atom is -0.333 e. The Morgan fingerprint density at radius 2 is 1.86 bits per heavy atom. The van der Waals surface area contributed by atoms with Crippen LogP contribution in [-0.2, 0) is 13.0 Å². The Morgan fingerprint density at radius 3 is 2.61 bits per heavy atom. The molecule has 0 amide bonds. The number of pyridine rings is 1. The first-order valence-corrected chi connectivity index (χ1v) is 9.10. The van der Waals surface area contributed by atoms with E-state index in [2.05, 4.69) is 15.3 Å². The highest BCUT2D eigenvalue weighted by Crippen LogP contribution is 2.35. The first-order chi connectivity index (χ1) is 13.7. The molecule has 4 aromatic rings. The number of aromatic nitrogens is 4. The van der Waals surface area contributed by atoms with Gasteiger partial charge in [-0.25, -0.2) is 14.4 Å². The van der Waals surface area contributed by atoms with Crippen LogP contribution in [0, 0.1) is 5.82 Å². The molecule has 1 aliphatic rings. The molecule has 6 nitrogen and oxygen atoms in total. The number of nitrogens with zero attached hydrogens (tertiary/aromatic N) is 4. The summed E-state index contributed by atoms with van der Waals surface area (Å²) in [4.78, 5) is 20.3. The number of benzene rings is 1. The van der Waals surface area contributed by atoms with Crippen LogP contribution in [0.5, 0.6) is 0 Å². The predicted octanol–water partition coefficient (Wildman–Crippen LogP) is 3.34. The number of hydrogen-bond donors (Lipinski definition) is 1. The van der Waals surface area contributed by atoms with E-state index >= 15 is 0 Å². The molecule has 28 heavy (non-hydrogen) atoms. The van der Waals surface area contributed by atoms with Gasteiger partial charge in [-0.15, -0.1) is 0 Å². The molecule has 0 fully saturated rings. The van der Waals surface area contributed by atoms with E-state index in [0.717, 1.165) is 59.7 Å². The Balaban J connectivity index is 0.000000932. The van der Waals surface area contributed by atoms with Gasteiger partial charge in [0, 0.05) is 30.3 Å². The van der Waals surface area contributed by atoms with Gasteiger partial charge in [-0.2, -0.15) is 0 Å². The molecule has 0 radical (unpaired) electrons. The number of aldehydes is 1. The fraction of sp³-hybridized carbons (Fsp3) is 0.190. The lowest BCUT2D eigenvalue weighted by Gasteiger charge is -2.10. The van der Waals surface area contributed by atoms with Crippen LogP contribution in [0.1, 0.15) is 22.7 Å². The summed E-state index contributed by atoms with van der Waals surface area (Å²) in [5.41, 5.74) is 9.40. The Hall–Kier alpha value is -3.32. The second-order valence-corrected chi connectivity index (χ2v) is 6.43. The Kier molecular flexibility index (Phi) is 4.75. The number of carbonyl (C=O) groups excluding carboxylic acids is 1. The van der Waals surface area contributed by atoms with Gasteiger partial charge in [-0.05, 0) is 49.9 Å². The van der Waals surface area contributed by atoms with Crippen LogP contribution in [0.15, 0.2) is 48.8 Å². The van der Waals surface area contributed by atoms with Gasteiger partial charge in [0.2, 0.25) is 0 Å². The Labute approximate surface area is 161 Å². The van der Waals surface area contributed by atoms with E-state index in [1.54, 1.807) is 22.7 Å². The summed E-state index contributed by atoms with van der Waals surface area (Å²) in [5.74, 6) is 0.776. The maximum Gasteiger partial charge on any atom is 0.168 e. The van der Waals surface area contributed by atoms with Crippen LogP contribution in [-0.4, -0.2) is 32.3 Å². The van der Waals surface area contributed by atoms with E-state index in [-0.39, 0.29) is 5.82 Å². The second-order valence-electron chi connectivity index (χ2n) is 6.43. The van der Waals surface area contributed by atoms with Crippen LogP contribution >= 0.6 is 0 Å². The summed E-state index contributed by atoms with van der Waals surface area (Å²) in [6.45, 7) is 0.904. The van der Waals surface area contributed by atoms with Crippen molar-refractivity contribution in [2.24, 2.45) is 5.73 Å². The summed E-state index contributed by atoms with van der Waals surface area (Å²) >= 11 is 0. The molecular weight excluding hydrogens is 357 g/mol. The lowest BCUT2D eigenvalue weighted by Crippen LogP contribution is -1.99. The number of carbonyl (C=O) groups is 1. The molecule has 0 saturated heterocycles. The summed E-state index contributed by atoms with van der Waals surface area (Å²) in [7, 11) is 1.50. The van der Waals surface area contributed by atoms with Crippen molar-refractivity contribution in [1.29, 1.82) is 0 Å². The molecule has 0 atom stereocenters. The summed E-state index contributed by atoms with van der Waals surface area (Å²) < 4.78 is 17.3. The van der Waals surface area contributed by atoms with Crippen LogP contribution in [0.3, 0.4) is 0 Å². The van der Waals surface area contributed by atoms with Gasteiger partial charge in [0.15, 0.2) is 6.29 Å². The zero-order chi connectivity index (χ0) is 19.7. The third-order valence-electron chi connectivity index (χ3n) is 4.87. The molecule has 0 bridgehead atoms. The lowest BCUT2D eigenvalue weighted by molar-refractivity contribution is 0.111. The van der Waals surface area contributed by atoms with E-state index in [0.29, 0.717) is 5.69 Å². The number of halogens is 1. The smallest absolute Gasteiger partial charge is 0.168 e. The fourth-order valence-corrected chi connectivity index (χ4v) is 3.65. The molecule has 142 valence electrons. The van der Waals surface area contributed by atoms with Gasteiger partial charge in [-0.1, -0.05) is 0 Å². The summed E-state index contributed by atoms with van der Waals surface area (Å²) in [5, 5.41) is 0. The van der Waals surface area contributed by atoms with Crippen molar-refractivity contribution >= 4 is 11.9 Å². The monoisotopic (exact) mass is 377 g/mol. The maximum absolute atomic E-state index is 13.3. The van der Waals surface area contributed by atoms with E-state index in [1.165, 1.54) is 19.2 Å². The highest BCUT2D eigenvalue weighted by Gasteiger charge is 2.23. The number of rotatable bonds is 3. The minimum absolute atomic E-state index is 0.266. The lowest BCUT2D eigenvalue weighted by atomic mass is 10.1. The van der Waals surface area contributed by atoms with Crippen molar-refractivity contribution < 1.29 is 9.18 Å². The molecule has 4 heterocycles. The van der Waals surface area contributed by atoms with Crippen molar-refractivity contribution in [1.82, 2.24) is 18.9 Å². The van der Waals surface area contributed by atoms with Crippen LogP contribution in [0.25, 0.3) is 28.2 Å². The average Bonchev–Trinajstić information content (AvgIpc) is 3.43. The van der Waals surface area contributed by atoms with Gasteiger partial charge >= 0.3 is 0 Å². The zero-order valence-corrected chi connectivity index (χ0v) is 15.5. The maximum atomic E-state index is 13.3. The minimum atomic E-state index is -0.266. The molecule has 0 unspecified atom stereocenters. The number of hydrogen-bond acceptors (Lipinski definition) is 4. The van der Waals surface area contributed by atoms with Gasteiger partial charge < -0.3 is 10.3 Å². The molecule has 0 saturated carbocycles. The van der Waals surface area contributed by atoms with E-state index in [9.17, 15) is 9.18 Å². The highest BCUT2D eigenvalue weighted by molar-refractivity contribution is 5.80. The number of aryl methyl sites for hydroxylation is 1. The molecule has 0 spiro atoms. The van der Waals surface area contributed by atoms with E-state index in [4.69, 9.17) is 4.98 Å². The first kappa shape index (κ1) is 18.1. The normalized spacial score (nSPS) is 12.5. The van der Waals surface area contributed by atoms with Crippen molar-refractivity contribution in [2.45, 2.75) is 19.4 Å². The summed E-state index contributed by atoms with van der Waals surface area (Å²) in [6.07, 6.45) is 6.27. The quantitative estimate of drug-likeness (QED) is 0.556. The fourth-order valence-electron chi connectivity index (χ4n) is 3.65. The molecule has 1 aliphatic heterocycles. The molecule has 0 aliphatic carbocycles. The third kappa shape index (κ3) is 2.90. The van der Waals surface area contributed by atoms with Gasteiger partial charge in [-0.3, -0.25) is 9.20 Å². The summed E-state index contributed by atoms with van der Waals surface area (Å²) in [6, 6.07) is 10.3. The Bertz CT molecular complexity index is 1140. The van der Waals surface area contributed by atoms with Gasteiger partial charge in [0.25, 0.3) is 0 Å². The zero-order valence-electron chi connectivity index (χ0n) is 15.5. The average molecular weight is 377 g/mol. The number of nitrogens with two attached hydrogens (primary N) is 1. The molecular formula is C21H20FN5O. The van der Waals surface area contributed by atoms with Crippen molar-refractivity contribution in [2.75, 3.05) is 7.05 Å². The SMILES string of the molecule is CN.O=Cc1cnc2ccc(-c3c(-c4ccc(F)cc4)nc4n3CCC4)cn12. The van der Waals surface area contributed by atoms with Crippen molar-refractivity contribution in [3.05, 3.63) is 66.1 Å². The second kappa shape index (κ2) is 7.36.